The van der Waals surface area contributed by atoms with Gasteiger partial charge in [-0.25, -0.2) is 0 Å². The van der Waals surface area contributed by atoms with Gasteiger partial charge in [0.05, 0.1) is 13.2 Å². The average molecular weight is 356 g/mol. The van der Waals surface area contributed by atoms with Crippen molar-refractivity contribution in [1.82, 2.24) is 0 Å². The monoisotopic (exact) mass is 355 g/mol. The van der Waals surface area contributed by atoms with Crippen LogP contribution in [0.3, 0.4) is 0 Å². The molecular weight excluding hydrogens is 322 g/mol. The van der Waals surface area contributed by atoms with E-state index in [0.29, 0.717) is 0 Å². The van der Waals surface area contributed by atoms with E-state index in [2.05, 4.69) is 70.3 Å². The Kier molecular flexibility index (Phi) is 7.38. The lowest BCUT2D eigenvalue weighted by Gasteiger charge is -2.20. The number of benzene rings is 2. The van der Waals surface area contributed by atoms with Gasteiger partial charge in [-0.15, -0.1) is 0 Å². The molecule has 0 saturated carbocycles. The predicted molar refractivity (Wildman–Crippen MR) is 111 cm³/mol. The van der Waals surface area contributed by atoms with E-state index in [9.17, 15) is 0 Å². The summed E-state index contributed by atoms with van der Waals surface area (Å²) in [6.07, 6.45) is 2.29. The molecule has 0 spiro atoms. The minimum absolute atomic E-state index is 0.0696. The van der Waals surface area contributed by atoms with E-state index in [1.54, 1.807) is 0 Å². The molecule has 142 valence electrons. The Balaban J connectivity index is 1.83. The summed E-state index contributed by atoms with van der Waals surface area (Å²) in [5.74, 6) is 1.82. The molecule has 1 unspecified atom stereocenters. The largest absolute Gasteiger partial charge is 0.494 e. The van der Waals surface area contributed by atoms with Crippen LogP contribution in [0.25, 0.3) is 0 Å². The quantitative estimate of drug-likeness (QED) is 0.556. The van der Waals surface area contributed by atoms with Crippen LogP contribution in [0.2, 0.25) is 0 Å². The Morgan fingerprint density at radius 1 is 1.00 bits per heavy atom. The minimum atomic E-state index is 0.0696. The summed E-state index contributed by atoms with van der Waals surface area (Å²) >= 11 is 0. The minimum Gasteiger partial charge on any atom is -0.494 e. The van der Waals surface area contributed by atoms with Gasteiger partial charge in [0.25, 0.3) is 0 Å². The third-order valence-corrected chi connectivity index (χ3v) is 4.25. The van der Waals surface area contributed by atoms with Gasteiger partial charge in [0, 0.05) is 11.8 Å². The van der Waals surface area contributed by atoms with Gasteiger partial charge in [0.1, 0.15) is 17.6 Å². The van der Waals surface area contributed by atoms with Crippen molar-refractivity contribution in [3.05, 3.63) is 54.1 Å². The number of hydrogen-bond donors (Lipinski definition) is 1. The van der Waals surface area contributed by atoms with Crippen molar-refractivity contribution in [2.24, 2.45) is 0 Å². The van der Waals surface area contributed by atoms with Gasteiger partial charge in [0.2, 0.25) is 0 Å². The van der Waals surface area contributed by atoms with Crippen LogP contribution >= 0.6 is 0 Å². The molecule has 2 rings (SSSR count). The Labute approximate surface area is 158 Å². The molecule has 0 aromatic heterocycles. The zero-order chi connectivity index (χ0) is 19.0. The standard InChI is InChI=1S/C23H33NO2/c1-6-7-15-25-22-10-8-9-20(16-22)24-17-18(2)26-21-13-11-19(12-14-21)23(3,4)5/h8-14,16,18,24H,6-7,15,17H2,1-5H3. The van der Waals surface area contributed by atoms with Crippen LogP contribution < -0.4 is 14.8 Å². The Bertz CT molecular complexity index is 659. The summed E-state index contributed by atoms with van der Waals surface area (Å²) in [6, 6.07) is 16.5. The molecule has 0 amide bonds. The smallest absolute Gasteiger partial charge is 0.121 e. The molecule has 0 fully saturated rings. The normalized spacial score (nSPS) is 12.5. The number of hydrogen-bond acceptors (Lipinski definition) is 3. The maximum atomic E-state index is 6.02. The highest BCUT2D eigenvalue weighted by Crippen LogP contribution is 2.25. The molecule has 1 N–H and O–H groups in total. The maximum Gasteiger partial charge on any atom is 0.121 e. The number of anilines is 1. The molecule has 0 aliphatic carbocycles. The fraction of sp³-hybridized carbons (Fsp3) is 0.478. The second-order valence-electron chi connectivity index (χ2n) is 7.81. The number of rotatable bonds is 9. The molecule has 0 bridgehead atoms. The fourth-order valence-corrected chi connectivity index (χ4v) is 2.60. The number of unbranched alkanes of at least 4 members (excludes halogenated alkanes) is 1. The van der Waals surface area contributed by atoms with Crippen molar-refractivity contribution in [2.45, 2.75) is 59.0 Å². The highest BCUT2D eigenvalue weighted by Gasteiger charge is 2.13. The van der Waals surface area contributed by atoms with Crippen molar-refractivity contribution in [3.63, 3.8) is 0 Å². The Morgan fingerprint density at radius 2 is 1.73 bits per heavy atom. The summed E-state index contributed by atoms with van der Waals surface area (Å²) in [7, 11) is 0. The van der Waals surface area contributed by atoms with E-state index in [1.807, 2.05) is 18.2 Å². The maximum absolute atomic E-state index is 6.02. The molecule has 0 aliphatic rings. The van der Waals surface area contributed by atoms with Gasteiger partial charge in [-0.2, -0.15) is 0 Å². The Morgan fingerprint density at radius 3 is 2.38 bits per heavy atom. The molecule has 1 atom stereocenters. The average Bonchev–Trinajstić information content (AvgIpc) is 2.60. The van der Waals surface area contributed by atoms with Crippen LogP contribution in [0.1, 0.15) is 53.0 Å². The number of ether oxygens (including phenoxy) is 2. The predicted octanol–water partition coefficient (Wildman–Crippen LogP) is 6.04. The highest BCUT2D eigenvalue weighted by atomic mass is 16.5. The van der Waals surface area contributed by atoms with Crippen molar-refractivity contribution < 1.29 is 9.47 Å². The first-order chi connectivity index (χ1) is 12.4. The highest BCUT2D eigenvalue weighted by molar-refractivity contribution is 5.48. The summed E-state index contributed by atoms with van der Waals surface area (Å²) in [5, 5.41) is 3.43. The summed E-state index contributed by atoms with van der Waals surface area (Å²) in [4.78, 5) is 0. The van der Waals surface area contributed by atoms with Gasteiger partial charge >= 0.3 is 0 Å². The van der Waals surface area contributed by atoms with Gasteiger partial charge in [-0.05, 0) is 48.6 Å². The van der Waals surface area contributed by atoms with Crippen LogP contribution in [-0.2, 0) is 5.41 Å². The molecule has 3 nitrogen and oxygen atoms in total. The second kappa shape index (κ2) is 9.51. The zero-order valence-corrected chi connectivity index (χ0v) is 16.8. The molecular formula is C23H33NO2. The van der Waals surface area contributed by atoms with Crippen LogP contribution in [0.15, 0.2) is 48.5 Å². The first-order valence-electron chi connectivity index (χ1n) is 9.62. The van der Waals surface area contributed by atoms with E-state index in [-0.39, 0.29) is 11.5 Å². The van der Waals surface area contributed by atoms with Crippen LogP contribution in [0, 0.1) is 0 Å². The van der Waals surface area contributed by atoms with Gasteiger partial charge < -0.3 is 14.8 Å². The topological polar surface area (TPSA) is 30.5 Å². The zero-order valence-electron chi connectivity index (χ0n) is 16.8. The SMILES string of the molecule is CCCCOc1cccc(NCC(C)Oc2ccc(C(C)(C)C)cc2)c1. The molecule has 26 heavy (non-hydrogen) atoms. The summed E-state index contributed by atoms with van der Waals surface area (Å²) < 4.78 is 11.8. The lowest BCUT2D eigenvalue weighted by atomic mass is 9.87. The van der Waals surface area contributed by atoms with Crippen LogP contribution in [-0.4, -0.2) is 19.3 Å². The van der Waals surface area contributed by atoms with E-state index in [1.165, 1.54) is 5.56 Å². The van der Waals surface area contributed by atoms with Gasteiger partial charge in [0.15, 0.2) is 0 Å². The fourth-order valence-electron chi connectivity index (χ4n) is 2.60. The van der Waals surface area contributed by atoms with Crippen molar-refractivity contribution in [1.29, 1.82) is 0 Å². The van der Waals surface area contributed by atoms with Crippen LogP contribution in [0.5, 0.6) is 11.5 Å². The van der Waals surface area contributed by atoms with E-state index in [4.69, 9.17) is 9.47 Å². The van der Waals surface area contributed by atoms with Crippen molar-refractivity contribution >= 4 is 5.69 Å². The molecule has 2 aromatic rings. The van der Waals surface area contributed by atoms with E-state index in [0.717, 1.165) is 43.2 Å². The van der Waals surface area contributed by atoms with Crippen LogP contribution in [0.4, 0.5) is 5.69 Å². The lowest BCUT2D eigenvalue weighted by Crippen LogP contribution is -2.22. The van der Waals surface area contributed by atoms with Crippen molar-refractivity contribution in [3.8, 4) is 11.5 Å². The van der Waals surface area contributed by atoms with E-state index >= 15 is 0 Å². The third-order valence-electron chi connectivity index (χ3n) is 4.25. The Hall–Kier alpha value is -2.16. The van der Waals surface area contributed by atoms with Crippen molar-refractivity contribution in [2.75, 3.05) is 18.5 Å². The second-order valence-corrected chi connectivity index (χ2v) is 7.81. The van der Waals surface area contributed by atoms with E-state index < -0.39 is 0 Å². The first-order valence-corrected chi connectivity index (χ1v) is 9.62. The lowest BCUT2D eigenvalue weighted by molar-refractivity contribution is 0.234. The van der Waals surface area contributed by atoms with Gasteiger partial charge in [-0.3, -0.25) is 0 Å². The molecule has 0 radical (unpaired) electrons. The molecule has 2 aromatic carbocycles. The third kappa shape index (κ3) is 6.62. The first kappa shape index (κ1) is 20.2. The van der Waals surface area contributed by atoms with Gasteiger partial charge in [-0.1, -0.05) is 52.3 Å². The number of nitrogens with one attached hydrogen (secondary N) is 1. The summed E-state index contributed by atoms with van der Waals surface area (Å²) in [5.41, 5.74) is 2.53. The molecule has 0 heterocycles. The summed E-state index contributed by atoms with van der Waals surface area (Å²) in [6.45, 7) is 12.4. The molecule has 0 saturated heterocycles. The molecule has 0 aliphatic heterocycles. The molecule has 3 heteroatoms.